The summed E-state index contributed by atoms with van der Waals surface area (Å²) >= 11 is 0. The molecule has 0 aromatic heterocycles. The van der Waals surface area contributed by atoms with E-state index in [1.54, 1.807) is 48.5 Å². The van der Waals surface area contributed by atoms with Crippen LogP contribution in [0, 0.1) is 13.8 Å². The molecule has 0 atom stereocenters. The van der Waals surface area contributed by atoms with E-state index < -0.39 is 24.5 Å². The molecule has 0 saturated carbocycles. The van der Waals surface area contributed by atoms with Crippen LogP contribution < -0.4 is 15.4 Å². The van der Waals surface area contributed by atoms with Gasteiger partial charge in [0.25, 0.3) is 5.91 Å². The number of benzene rings is 3. The van der Waals surface area contributed by atoms with Gasteiger partial charge in [0, 0.05) is 24.2 Å². The zero-order chi connectivity index (χ0) is 29.6. The average molecular weight is 561 g/mol. The highest BCUT2D eigenvalue weighted by atomic mass is 16.5. The first-order valence-electron chi connectivity index (χ1n) is 13.6. The predicted molar refractivity (Wildman–Crippen MR) is 156 cm³/mol. The van der Waals surface area contributed by atoms with E-state index >= 15 is 0 Å². The molecule has 41 heavy (non-hydrogen) atoms. The van der Waals surface area contributed by atoms with E-state index in [1.165, 1.54) is 0 Å². The SMILES string of the molecule is CCCCOC(=O)c1ccc(NC(=O)COC(=O)CCCC(=O)Nc2ccc(Oc3cc(C)cc(C)c3)cc2)cc1. The lowest BCUT2D eigenvalue weighted by Crippen LogP contribution is -2.21. The first-order chi connectivity index (χ1) is 19.7. The number of hydrogen-bond acceptors (Lipinski definition) is 7. The number of ether oxygens (including phenoxy) is 3. The minimum atomic E-state index is -0.578. The number of nitrogens with one attached hydrogen (secondary N) is 2. The van der Waals surface area contributed by atoms with E-state index in [-0.39, 0.29) is 25.2 Å². The van der Waals surface area contributed by atoms with Gasteiger partial charge in [-0.15, -0.1) is 0 Å². The number of anilines is 2. The maximum Gasteiger partial charge on any atom is 0.338 e. The second-order valence-corrected chi connectivity index (χ2v) is 9.63. The number of carbonyl (C=O) groups is 4. The Kier molecular flexibility index (Phi) is 11.9. The summed E-state index contributed by atoms with van der Waals surface area (Å²) in [6, 6.07) is 19.3. The topological polar surface area (TPSA) is 120 Å². The van der Waals surface area contributed by atoms with Crippen LogP contribution in [-0.4, -0.2) is 37.0 Å². The summed E-state index contributed by atoms with van der Waals surface area (Å²) in [5.41, 5.74) is 3.68. The van der Waals surface area contributed by atoms with Gasteiger partial charge >= 0.3 is 11.9 Å². The Morgan fingerprint density at radius 1 is 0.683 bits per heavy atom. The van der Waals surface area contributed by atoms with Crippen molar-refractivity contribution in [3.05, 3.63) is 83.4 Å². The van der Waals surface area contributed by atoms with E-state index in [9.17, 15) is 19.2 Å². The first kappa shape index (κ1) is 30.9. The van der Waals surface area contributed by atoms with Crippen LogP contribution in [0.5, 0.6) is 11.5 Å². The number of aryl methyl sites for hydroxylation is 2. The predicted octanol–water partition coefficient (Wildman–Crippen LogP) is 6.34. The maximum absolute atomic E-state index is 12.3. The summed E-state index contributed by atoms with van der Waals surface area (Å²) in [5, 5.41) is 5.38. The van der Waals surface area contributed by atoms with Gasteiger partial charge in [-0.3, -0.25) is 14.4 Å². The maximum atomic E-state index is 12.3. The summed E-state index contributed by atoms with van der Waals surface area (Å²) < 4.78 is 16.0. The van der Waals surface area contributed by atoms with Crippen molar-refractivity contribution >= 4 is 35.1 Å². The molecule has 9 nitrogen and oxygen atoms in total. The fourth-order valence-corrected chi connectivity index (χ4v) is 3.85. The molecule has 0 aliphatic heterocycles. The van der Waals surface area contributed by atoms with Crippen molar-refractivity contribution in [1.82, 2.24) is 0 Å². The minimum absolute atomic E-state index is 0.00176. The molecule has 0 aliphatic rings. The Labute approximate surface area is 240 Å². The third-order valence-electron chi connectivity index (χ3n) is 5.85. The second kappa shape index (κ2) is 15.8. The number of unbranched alkanes of at least 4 members (excludes halogenated alkanes) is 1. The van der Waals surface area contributed by atoms with Crippen LogP contribution in [0.25, 0.3) is 0 Å². The molecule has 2 N–H and O–H groups in total. The second-order valence-electron chi connectivity index (χ2n) is 9.63. The lowest BCUT2D eigenvalue weighted by Gasteiger charge is -2.10. The summed E-state index contributed by atoms with van der Waals surface area (Å²) in [6.07, 6.45) is 2.12. The molecule has 0 saturated heterocycles. The van der Waals surface area contributed by atoms with Crippen molar-refractivity contribution in [1.29, 1.82) is 0 Å². The molecule has 0 unspecified atom stereocenters. The normalized spacial score (nSPS) is 10.4. The number of esters is 2. The zero-order valence-corrected chi connectivity index (χ0v) is 23.7. The Hall–Kier alpha value is -4.66. The van der Waals surface area contributed by atoms with Crippen LogP contribution in [0.4, 0.5) is 11.4 Å². The van der Waals surface area contributed by atoms with Crippen molar-refractivity contribution in [2.75, 3.05) is 23.8 Å². The summed E-state index contributed by atoms with van der Waals surface area (Å²) in [6.45, 7) is 5.93. The molecule has 0 bridgehead atoms. The number of amides is 2. The van der Waals surface area contributed by atoms with Gasteiger partial charge in [-0.1, -0.05) is 19.4 Å². The van der Waals surface area contributed by atoms with Crippen molar-refractivity contribution < 1.29 is 33.4 Å². The monoisotopic (exact) mass is 560 g/mol. The molecular weight excluding hydrogens is 524 g/mol. The van der Waals surface area contributed by atoms with Crippen LogP contribution in [0.15, 0.2) is 66.7 Å². The number of hydrogen-bond donors (Lipinski definition) is 2. The Morgan fingerprint density at radius 3 is 1.93 bits per heavy atom. The van der Waals surface area contributed by atoms with E-state index in [0.717, 1.165) is 29.7 Å². The molecule has 9 heteroatoms. The van der Waals surface area contributed by atoms with Crippen molar-refractivity contribution in [3.8, 4) is 11.5 Å². The zero-order valence-electron chi connectivity index (χ0n) is 23.7. The van der Waals surface area contributed by atoms with E-state index in [0.29, 0.717) is 29.3 Å². The first-order valence-corrected chi connectivity index (χ1v) is 13.6. The summed E-state index contributed by atoms with van der Waals surface area (Å²) in [4.78, 5) is 48.3. The average Bonchev–Trinajstić information content (AvgIpc) is 2.93. The summed E-state index contributed by atoms with van der Waals surface area (Å²) in [5.74, 6) is -0.352. The van der Waals surface area contributed by atoms with Gasteiger partial charge in [-0.2, -0.15) is 0 Å². The van der Waals surface area contributed by atoms with Gasteiger partial charge in [0.15, 0.2) is 6.61 Å². The number of rotatable bonds is 14. The van der Waals surface area contributed by atoms with Gasteiger partial charge in [-0.25, -0.2) is 4.79 Å². The summed E-state index contributed by atoms with van der Waals surface area (Å²) in [7, 11) is 0. The molecule has 0 spiro atoms. The third kappa shape index (κ3) is 11.2. The Bertz CT molecular complexity index is 1310. The van der Waals surface area contributed by atoms with E-state index in [4.69, 9.17) is 14.2 Å². The van der Waals surface area contributed by atoms with Gasteiger partial charge in [0.05, 0.1) is 12.2 Å². The molecule has 0 aliphatic carbocycles. The molecule has 0 heterocycles. The fourth-order valence-electron chi connectivity index (χ4n) is 3.85. The molecule has 3 aromatic carbocycles. The Balaban J connectivity index is 1.31. The molecule has 216 valence electrons. The molecule has 0 radical (unpaired) electrons. The lowest BCUT2D eigenvalue weighted by atomic mass is 10.1. The van der Waals surface area contributed by atoms with Gasteiger partial charge in [0.2, 0.25) is 5.91 Å². The number of carbonyl (C=O) groups excluding carboxylic acids is 4. The van der Waals surface area contributed by atoms with Crippen LogP contribution >= 0.6 is 0 Å². The molecule has 0 fully saturated rings. The minimum Gasteiger partial charge on any atom is -0.462 e. The molecule has 2 amide bonds. The van der Waals surface area contributed by atoms with E-state index in [2.05, 4.69) is 16.7 Å². The van der Waals surface area contributed by atoms with Crippen molar-refractivity contribution in [2.24, 2.45) is 0 Å². The lowest BCUT2D eigenvalue weighted by molar-refractivity contribution is -0.147. The largest absolute Gasteiger partial charge is 0.462 e. The quantitative estimate of drug-likeness (QED) is 0.174. The standard InChI is InChI=1S/C32H36N2O7/c1-4-5-17-39-32(38)24-9-11-25(12-10-24)34-30(36)21-40-31(37)8-6-7-29(35)33-26-13-15-27(16-14-26)41-28-19-22(2)18-23(3)20-28/h9-16,18-20H,4-8,17,21H2,1-3H3,(H,33,35)(H,34,36). The van der Waals surface area contributed by atoms with Crippen LogP contribution in [0.2, 0.25) is 0 Å². The third-order valence-corrected chi connectivity index (χ3v) is 5.85. The van der Waals surface area contributed by atoms with Gasteiger partial charge < -0.3 is 24.8 Å². The highest BCUT2D eigenvalue weighted by molar-refractivity contribution is 5.94. The smallest absolute Gasteiger partial charge is 0.338 e. The van der Waals surface area contributed by atoms with E-state index in [1.807, 2.05) is 32.9 Å². The molecule has 3 aromatic rings. The Morgan fingerprint density at radius 2 is 1.29 bits per heavy atom. The van der Waals surface area contributed by atoms with Gasteiger partial charge in [-0.05, 0) is 98.5 Å². The van der Waals surface area contributed by atoms with Crippen molar-refractivity contribution in [2.45, 2.75) is 52.9 Å². The fraction of sp³-hybridized carbons (Fsp3) is 0.312. The van der Waals surface area contributed by atoms with Crippen LogP contribution in [0.3, 0.4) is 0 Å². The van der Waals surface area contributed by atoms with Crippen molar-refractivity contribution in [3.63, 3.8) is 0 Å². The highest BCUT2D eigenvalue weighted by Crippen LogP contribution is 2.25. The molecule has 3 rings (SSSR count). The highest BCUT2D eigenvalue weighted by Gasteiger charge is 2.11. The molecular formula is C32H36N2O7. The van der Waals surface area contributed by atoms with Crippen LogP contribution in [0.1, 0.15) is 60.5 Å². The van der Waals surface area contributed by atoms with Gasteiger partial charge in [0.1, 0.15) is 11.5 Å². The van der Waals surface area contributed by atoms with Crippen LogP contribution in [-0.2, 0) is 23.9 Å².